The van der Waals surface area contributed by atoms with Crippen molar-refractivity contribution in [3.8, 4) is 0 Å². The van der Waals surface area contributed by atoms with Gasteiger partial charge in [0, 0.05) is 13.1 Å². The van der Waals surface area contributed by atoms with Crippen LogP contribution in [0.2, 0.25) is 0 Å². The smallest absolute Gasteiger partial charge is 0.274 e. The van der Waals surface area contributed by atoms with Crippen LogP contribution in [-0.4, -0.2) is 22.9 Å². The molecule has 2 rings (SSSR count). The van der Waals surface area contributed by atoms with Crippen molar-refractivity contribution in [2.45, 2.75) is 19.3 Å². The summed E-state index contributed by atoms with van der Waals surface area (Å²) in [5.74, 6) is 0.908. The Hall–Kier alpha value is -2.04. The van der Waals surface area contributed by atoms with Crippen molar-refractivity contribution in [3.05, 3.63) is 58.0 Å². The first kappa shape index (κ1) is 13.4. The lowest BCUT2D eigenvalue weighted by atomic mass is 9.90. The minimum absolute atomic E-state index is 0.267. The lowest BCUT2D eigenvalue weighted by molar-refractivity contribution is -0.404. The van der Waals surface area contributed by atoms with E-state index < -0.39 is 4.92 Å². The van der Waals surface area contributed by atoms with E-state index in [1.807, 2.05) is 11.0 Å². The van der Waals surface area contributed by atoms with Crippen molar-refractivity contribution in [2.24, 2.45) is 11.7 Å². The highest BCUT2D eigenvalue weighted by molar-refractivity contribution is 5.15. The largest absolute Gasteiger partial charge is 0.380 e. The number of hydrogen-bond donors (Lipinski definition) is 1. The minimum Gasteiger partial charge on any atom is -0.380 e. The summed E-state index contributed by atoms with van der Waals surface area (Å²) < 4.78 is 0. The average molecular weight is 261 g/mol. The lowest BCUT2D eigenvalue weighted by Crippen LogP contribution is -2.36. The van der Waals surface area contributed by atoms with Crippen LogP contribution in [0.4, 0.5) is 0 Å². The Morgan fingerprint density at radius 1 is 1.37 bits per heavy atom. The third-order valence-electron chi connectivity index (χ3n) is 3.58. The van der Waals surface area contributed by atoms with Gasteiger partial charge in [-0.1, -0.05) is 30.3 Å². The van der Waals surface area contributed by atoms with Crippen molar-refractivity contribution in [3.63, 3.8) is 0 Å². The van der Waals surface area contributed by atoms with E-state index in [1.165, 1.54) is 5.56 Å². The summed E-state index contributed by atoms with van der Waals surface area (Å²) in [5.41, 5.74) is 7.05. The molecule has 0 aromatic heterocycles. The average Bonchev–Trinajstić information content (AvgIpc) is 2.40. The molecule has 0 atom stereocenters. The third kappa shape index (κ3) is 3.98. The van der Waals surface area contributed by atoms with E-state index >= 15 is 0 Å². The summed E-state index contributed by atoms with van der Waals surface area (Å²) >= 11 is 0. The van der Waals surface area contributed by atoms with E-state index in [4.69, 9.17) is 5.73 Å². The van der Waals surface area contributed by atoms with E-state index in [0.29, 0.717) is 5.92 Å². The van der Waals surface area contributed by atoms with Crippen LogP contribution in [0.3, 0.4) is 0 Å². The number of hydrogen-bond acceptors (Lipinski definition) is 4. The van der Waals surface area contributed by atoms with Crippen molar-refractivity contribution < 1.29 is 4.92 Å². The fraction of sp³-hybridized carbons (Fsp3) is 0.429. The zero-order valence-corrected chi connectivity index (χ0v) is 10.9. The van der Waals surface area contributed by atoms with Crippen LogP contribution in [0, 0.1) is 16.0 Å². The highest BCUT2D eigenvalue weighted by Gasteiger charge is 2.21. The van der Waals surface area contributed by atoms with E-state index in [-0.39, 0.29) is 5.82 Å². The topological polar surface area (TPSA) is 72.4 Å². The third-order valence-corrected chi connectivity index (χ3v) is 3.58. The van der Waals surface area contributed by atoms with Gasteiger partial charge in [-0.25, -0.2) is 0 Å². The molecule has 1 aromatic rings. The van der Waals surface area contributed by atoms with Crippen LogP contribution in [0.5, 0.6) is 0 Å². The summed E-state index contributed by atoms with van der Waals surface area (Å²) in [5, 5.41) is 10.4. The van der Waals surface area contributed by atoms with Gasteiger partial charge in [-0.2, -0.15) is 0 Å². The first-order valence-electron chi connectivity index (χ1n) is 6.55. The second-order valence-electron chi connectivity index (χ2n) is 4.96. The molecule has 0 aliphatic carbocycles. The Labute approximate surface area is 112 Å². The molecular weight excluding hydrogens is 242 g/mol. The van der Waals surface area contributed by atoms with Crippen molar-refractivity contribution in [1.82, 2.24) is 4.90 Å². The second kappa shape index (κ2) is 6.22. The molecule has 2 N–H and O–H groups in total. The first-order chi connectivity index (χ1) is 9.15. The quantitative estimate of drug-likeness (QED) is 0.664. The molecular formula is C14H19N3O2. The summed E-state index contributed by atoms with van der Waals surface area (Å²) in [6.07, 6.45) is 4.02. The van der Waals surface area contributed by atoms with Gasteiger partial charge in [-0.15, -0.1) is 0 Å². The van der Waals surface area contributed by atoms with E-state index in [1.54, 1.807) is 0 Å². The fourth-order valence-electron chi connectivity index (χ4n) is 2.53. The number of benzene rings is 1. The first-order valence-corrected chi connectivity index (χ1v) is 6.55. The lowest BCUT2D eigenvalue weighted by Gasteiger charge is -2.32. The molecule has 0 radical (unpaired) electrons. The minimum atomic E-state index is -0.495. The van der Waals surface area contributed by atoms with Crippen LogP contribution in [0.15, 0.2) is 42.4 Å². The van der Waals surface area contributed by atoms with E-state index in [2.05, 4.69) is 24.3 Å². The predicted octanol–water partition coefficient (Wildman–Crippen LogP) is 1.98. The zero-order chi connectivity index (χ0) is 13.7. The summed E-state index contributed by atoms with van der Waals surface area (Å²) in [4.78, 5) is 11.8. The number of nitrogens with zero attached hydrogens (tertiary/aromatic N) is 2. The highest BCUT2D eigenvalue weighted by atomic mass is 16.6. The highest BCUT2D eigenvalue weighted by Crippen LogP contribution is 2.22. The Morgan fingerprint density at radius 2 is 2.00 bits per heavy atom. The predicted molar refractivity (Wildman–Crippen MR) is 73.7 cm³/mol. The number of likely N-dealkylation sites (tertiary alicyclic amines) is 1. The molecule has 0 unspecified atom stereocenters. The number of nitrogens with two attached hydrogens (primary N) is 1. The standard InChI is InChI=1S/C14H19N3O2/c15-14(11-17(18)19)16-8-6-13(7-9-16)10-12-4-2-1-3-5-12/h1-5,11,13H,6-10,15H2/b14-11+. The Morgan fingerprint density at radius 3 is 2.58 bits per heavy atom. The van der Waals surface area contributed by atoms with Crippen LogP contribution >= 0.6 is 0 Å². The molecule has 5 heteroatoms. The maximum absolute atomic E-state index is 10.4. The number of nitro groups is 1. The van der Waals surface area contributed by atoms with Crippen LogP contribution in [-0.2, 0) is 6.42 Å². The van der Waals surface area contributed by atoms with Crippen molar-refractivity contribution >= 4 is 0 Å². The van der Waals surface area contributed by atoms with Gasteiger partial charge in [0.1, 0.15) is 0 Å². The summed E-state index contributed by atoms with van der Waals surface area (Å²) in [6, 6.07) is 10.4. The molecule has 5 nitrogen and oxygen atoms in total. The van der Waals surface area contributed by atoms with Gasteiger partial charge in [0.15, 0.2) is 5.82 Å². The second-order valence-corrected chi connectivity index (χ2v) is 4.96. The molecule has 1 heterocycles. The van der Waals surface area contributed by atoms with Gasteiger partial charge < -0.3 is 10.6 Å². The number of rotatable bonds is 4. The summed E-state index contributed by atoms with van der Waals surface area (Å²) in [7, 11) is 0. The molecule has 1 aliphatic heterocycles. The number of piperidine rings is 1. The van der Waals surface area contributed by atoms with Gasteiger partial charge in [0.2, 0.25) is 0 Å². The van der Waals surface area contributed by atoms with Crippen molar-refractivity contribution in [1.29, 1.82) is 0 Å². The molecule has 0 spiro atoms. The van der Waals surface area contributed by atoms with Gasteiger partial charge in [-0.3, -0.25) is 10.1 Å². The molecule has 0 amide bonds. The monoisotopic (exact) mass is 261 g/mol. The molecule has 1 aliphatic rings. The van der Waals surface area contributed by atoms with Gasteiger partial charge in [0.05, 0.1) is 4.92 Å². The van der Waals surface area contributed by atoms with Crippen LogP contribution in [0.1, 0.15) is 18.4 Å². The normalized spacial score (nSPS) is 17.5. The van der Waals surface area contributed by atoms with Gasteiger partial charge in [-0.05, 0) is 30.7 Å². The Bertz CT molecular complexity index is 451. The molecule has 19 heavy (non-hydrogen) atoms. The van der Waals surface area contributed by atoms with Gasteiger partial charge >= 0.3 is 0 Å². The molecule has 1 aromatic carbocycles. The van der Waals surface area contributed by atoms with E-state index in [9.17, 15) is 10.1 Å². The maximum atomic E-state index is 10.4. The van der Waals surface area contributed by atoms with Crippen LogP contribution in [0.25, 0.3) is 0 Å². The Balaban J connectivity index is 1.84. The SMILES string of the molecule is N/C(=C\[N+](=O)[O-])N1CCC(Cc2ccccc2)CC1. The molecule has 0 bridgehead atoms. The van der Waals surface area contributed by atoms with Crippen LogP contribution < -0.4 is 5.73 Å². The molecule has 0 saturated carbocycles. The van der Waals surface area contributed by atoms with Gasteiger partial charge in [0.25, 0.3) is 6.20 Å². The molecule has 102 valence electrons. The fourth-order valence-corrected chi connectivity index (χ4v) is 2.53. The molecule has 1 saturated heterocycles. The van der Waals surface area contributed by atoms with Crippen molar-refractivity contribution in [2.75, 3.05) is 13.1 Å². The maximum Gasteiger partial charge on any atom is 0.274 e. The Kier molecular flexibility index (Phi) is 4.39. The van der Waals surface area contributed by atoms with E-state index in [0.717, 1.165) is 38.6 Å². The summed E-state index contributed by atoms with van der Waals surface area (Å²) in [6.45, 7) is 1.60. The molecule has 1 fully saturated rings. The zero-order valence-electron chi connectivity index (χ0n) is 10.9.